The highest BCUT2D eigenvalue weighted by Gasteiger charge is 2.12. The van der Waals surface area contributed by atoms with Gasteiger partial charge in [-0.1, -0.05) is 6.07 Å². The third kappa shape index (κ3) is 6.57. The molecular weight excluding hydrogens is 429 g/mol. The van der Waals surface area contributed by atoms with Crippen LogP contribution in [0.3, 0.4) is 0 Å². The predicted octanol–water partition coefficient (Wildman–Crippen LogP) is 5.57. The third-order valence-corrected chi connectivity index (χ3v) is 4.73. The molecule has 2 aromatic heterocycles. The first-order chi connectivity index (χ1) is 13.1. The summed E-state index contributed by atoms with van der Waals surface area (Å²) in [5.41, 5.74) is 3.84. The summed E-state index contributed by atoms with van der Waals surface area (Å²) in [5, 5.41) is 2.99. The molecule has 0 aliphatic heterocycles. The molecule has 0 saturated carbocycles. The van der Waals surface area contributed by atoms with Crippen LogP contribution in [0.4, 0.5) is 0 Å². The fourth-order valence-corrected chi connectivity index (χ4v) is 3.55. The summed E-state index contributed by atoms with van der Waals surface area (Å²) in [4.78, 5) is 11.6. The Morgan fingerprint density at radius 2 is 1.62 bits per heavy atom. The second kappa shape index (κ2) is 12.0. The molecule has 0 radical (unpaired) electrons. The molecule has 29 heavy (non-hydrogen) atoms. The maximum atomic E-state index is 5.73. The normalized spacial score (nSPS) is 10.2. The van der Waals surface area contributed by atoms with Crippen molar-refractivity contribution in [1.82, 2.24) is 14.9 Å². The smallest absolute Gasteiger partial charge is 0.161 e. The van der Waals surface area contributed by atoms with Gasteiger partial charge in [-0.3, -0.25) is 0 Å². The van der Waals surface area contributed by atoms with Crippen LogP contribution in [0.2, 0.25) is 0 Å². The summed E-state index contributed by atoms with van der Waals surface area (Å²) in [7, 11) is 4.08. The number of ether oxygens (including phenoxy) is 2. The van der Waals surface area contributed by atoms with Gasteiger partial charge in [0.15, 0.2) is 11.5 Å². The van der Waals surface area contributed by atoms with Gasteiger partial charge in [-0.15, -0.1) is 36.2 Å². The molecule has 0 saturated heterocycles. The molecular formula is C21H27Cl2N3O2S. The molecule has 0 fully saturated rings. The van der Waals surface area contributed by atoms with Crippen LogP contribution in [-0.2, 0) is 6.54 Å². The zero-order chi connectivity index (χ0) is 19.2. The molecule has 2 heterocycles. The average molecular weight is 456 g/mol. The monoisotopic (exact) mass is 455 g/mol. The summed E-state index contributed by atoms with van der Waals surface area (Å²) in [6.45, 7) is 5.94. The highest BCUT2D eigenvalue weighted by Crippen LogP contribution is 2.35. The van der Waals surface area contributed by atoms with E-state index >= 15 is 0 Å². The number of pyridine rings is 1. The van der Waals surface area contributed by atoms with Crippen molar-refractivity contribution in [2.45, 2.75) is 20.4 Å². The van der Waals surface area contributed by atoms with Crippen LogP contribution in [-0.4, -0.2) is 42.2 Å². The van der Waals surface area contributed by atoms with Gasteiger partial charge in [0.25, 0.3) is 0 Å². The lowest BCUT2D eigenvalue weighted by molar-refractivity contribution is 0.288. The summed E-state index contributed by atoms with van der Waals surface area (Å²) in [5.74, 6) is 1.51. The highest BCUT2D eigenvalue weighted by atomic mass is 35.5. The Morgan fingerprint density at radius 1 is 0.897 bits per heavy atom. The molecule has 0 bridgehead atoms. The largest absolute Gasteiger partial charge is 0.490 e. The van der Waals surface area contributed by atoms with Crippen molar-refractivity contribution in [3.05, 3.63) is 47.5 Å². The van der Waals surface area contributed by atoms with E-state index < -0.39 is 0 Å². The van der Waals surface area contributed by atoms with E-state index in [2.05, 4.69) is 4.90 Å². The Labute approximate surface area is 188 Å². The molecule has 8 heteroatoms. The minimum Gasteiger partial charge on any atom is -0.490 e. The Kier molecular flexibility index (Phi) is 10.4. The maximum absolute atomic E-state index is 5.73. The summed E-state index contributed by atoms with van der Waals surface area (Å²) >= 11 is 1.61. The van der Waals surface area contributed by atoms with Crippen molar-refractivity contribution >= 4 is 36.2 Å². The van der Waals surface area contributed by atoms with Gasteiger partial charge in [0, 0.05) is 17.5 Å². The molecule has 0 amide bonds. The van der Waals surface area contributed by atoms with Gasteiger partial charge in [-0.05, 0) is 58.3 Å². The first-order valence-electron chi connectivity index (χ1n) is 9.07. The first kappa shape index (κ1) is 25.2. The Hall–Kier alpha value is -1.86. The van der Waals surface area contributed by atoms with E-state index in [1.54, 1.807) is 11.3 Å². The fourth-order valence-electron chi connectivity index (χ4n) is 2.74. The summed E-state index contributed by atoms with van der Waals surface area (Å²) < 4.78 is 11.4. The van der Waals surface area contributed by atoms with Gasteiger partial charge in [0.05, 0.1) is 24.6 Å². The standard InChI is InChI=1S/C21H25N3O2S.2ClH/c1-5-25-19-11-10-15(12-20(19)26-6-2)21-23-18(14-27-21)17-9-7-8-16(22-17)13-24(3)4;;/h7-12,14H,5-6,13H2,1-4H3;2*1H. The van der Waals surface area contributed by atoms with Gasteiger partial charge in [-0.25, -0.2) is 9.97 Å². The van der Waals surface area contributed by atoms with E-state index in [-0.39, 0.29) is 24.8 Å². The van der Waals surface area contributed by atoms with E-state index in [1.165, 1.54) is 0 Å². The quantitative estimate of drug-likeness (QED) is 0.443. The van der Waals surface area contributed by atoms with E-state index in [1.807, 2.05) is 69.7 Å². The molecule has 1 aromatic carbocycles. The average Bonchev–Trinajstić information content (AvgIpc) is 3.13. The second-order valence-corrected chi connectivity index (χ2v) is 7.18. The van der Waals surface area contributed by atoms with Crippen LogP contribution in [0.1, 0.15) is 19.5 Å². The van der Waals surface area contributed by atoms with Gasteiger partial charge in [-0.2, -0.15) is 0 Å². The van der Waals surface area contributed by atoms with Crippen LogP contribution >= 0.6 is 36.2 Å². The van der Waals surface area contributed by atoms with E-state index in [0.717, 1.165) is 45.7 Å². The predicted molar refractivity (Wildman–Crippen MR) is 125 cm³/mol. The van der Waals surface area contributed by atoms with Crippen molar-refractivity contribution in [1.29, 1.82) is 0 Å². The second-order valence-electron chi connectivity index (χ2n) is 6.32. The first-order valence-corrected chi connectivity index (χ1v) is 9.95. The van der Waals surface area contributed by atoms with Crippen molar-refractivity contribution in [2.75, 3.05) is 27.3 Å². The van der Waals surface area contributed by atoms with Crippen molar-refractivity contribution in [2.24, 2.45) is 0 Å². The molecule has 0 aliphatic rings. The van der Waals surface area contributed by atoms with Crippen LogP contribution in [0, 0.1) is 0 Å². The molecule has 3 rings (SSSR count). The SMILES string of the molecule is CCOc1ccc(-c2nc(-c3cccc(CN(C)C)n3)cs2)cc1OCC.Cl.Cl. The van der Waals surface area contributed by atoms with Crippen LogP contribution < -0.4 is 9.47 Å². The van der Waals surface area contributed by atoms with E-state index in [4.69, 9.17) is 19.4 Å². The van der Waals surface area contributed by atoms with Crippen molar-refractivity contribution < 1.29 is 9.47 Å². The Bertz CT molecular complexity index is 903. The van der Waals surface area contributed by atoms with Crippen molar-refractivity contribution in [3.63, 3.8) is 0 Å². The highest BCUT2D eigenvalue weighted by molar-refractivity contribution is 7.13. The number of rotatable bonds is 8. The number of hydrogen-bond donors (Lipinski definition) is 0. The zero-order valence-corrected chi connectivity index (χ0v) is 19.5. The van der Waals surface area contributed by atoms with Crippen LogP contribution in [0.5, 0.6) is 11.5 Å². The van der Waals surface area contributed by atoms with Crippen LogP contribution in [0.15, 0.2) is 41.8 Å². The minimum absolute atomic E-state index is 0. The number of thiazole rings is 1. The maximum Gasteiger partial charge on any atom is 0.161 e. The number of nitrogens with zero attached hydrogens (tertiary/aromatic N) is 3. The third-order valence-electron chi connectivity index (χ3n) is 3.84. The molecule has 0 spiro atoms. The lowest BCUT2D eigenvalue weighted by Crippen LogP contribution is -2.11. The number of benzene rings is 1. The van der Waals surface area contributed by atoms with Gasteiger partial charge >= 0.3 is 0 Å². The number of hydrogen-bond acceptors (Lipinski definition) is 6. The molecule has 0 N–H and O–H groups in total. The lowest BCUT2D eigenvalue weighted by atomic mass is 10.2. The number of halogens is 2. The molecule has 0 aliphatic carbocycles. The Morgan fingerprint density at radius 3 is 2.31 bits per heavy atom. The Balaban J connectivity index is 0.00000210. The van der Waals surface area contributed by atoms with Crippen molar-refractivity contribution in [3.8, 4) is 33.5 Å². The van der Waals surface area contributed by atoms with Gasteiger partial charge in [0.2, 0.25) is 0 Å². The fraction of sp³-hybridized carbons (Fsp3) is 0.333. The molecule has 0 unspecified atom stereocenters. The lowest BCUT2D eigenvalue weighted by Gasteiger charge is -2.11. The van der Waals surface area contributed by atoms with Crippen LogP contribution in [0.25, 0.3) is 22.0 Å². The number of aromatic nitrogens is 2. The van der Waals surface area contributed by atoms with E-state index in [9.17, 15) is 0 Å². The molecule has 3 aromatic rings. The minimum atomic E-state index is 0. The van der Waals surface area contributed by atoms with Gasteiger partial charge in [0.1, 0.15) is 10.7 Å². The van der Waals surface area contributed by atoms with Gasteiger partial charge < -0.3 is 14.4 Å². The molecule has 0 atom stereocenters. The summed E-state index contributed by atoms with van der Waals surface area (Å²) in [6.07, 6.45) is 0. The molecule has 158 valence electrons. The van der Waals surface area contributed by atoms with E-state index in [0.29, 0.717) is 13.2 Å². The zero-order valence-electron chi connectivity index (χ0n) is 17.0. The topological polar surface area (TPSA) is 47.5 Å². The summed E-state index contributed by atoms with van der Waals surface area (Å²) in [6, 6.07) is 12.0. The molecule has 5 nitrogen and oxygen atoms in total.